The van der Waals surface area contributed by atoms with Gasteiger partial charge in [0.2, 0.25) is 0 Å². The summed E-state index contributed by atoms with van der Waals surface area (Å²) in [6.07, 6.45) is 2.50. The summed E-state index contributed by atoms with van der Waals surface area (Å²) in [6, 6.07) is 9.16. The zero-order chi connectivity index (χ0) is 11.5. The van der Waals surface area contributed by atoms with Crippen LogP contribution < -0.4 is 5.73 Å². The van der Waals surface area contributed by atoms with Crippen LogP contribution in [0.3, 0.4) is 0 Å². The minimum atomic E-state index is 0.277. The van der Waals surface area contributed by atoms with Crippen LogP contribution in [0.5, 0.6) is 5.75 Å². The normalized spacial score (nSPS) is 10.3. The molecule has 1 aromatic carbocycles. The Balaban J connectivity index is 2.26. The molecule has 3 heteroatoms. The number of anilines is 1. The predicted molar refractivity (Wildman–Crippen MR) is 64.3 cm³/mol. The molecule has 3 N–H and O–H groups in total. The molecule has 0 aliphatic carbocycles. The molecule has 1 heterocycles. The molecule has 82 valence electrons. The Bertz CT molecular complexity index is 492. The molecule has 0 fully saturated rings. The molecule has 0 saturated heterocycles. The van der Waals surface area contributed by atoms with Gasteiger partial charge in [-0.1, -0.05) is 18.2 Å². The van der Waals surface area contributed by atoms with Gasteiger partial charge in [-0.3, -0.25) is 0 Å². The second kappa shape index (κ2) is 4.23. The lowest BCUT2D eigenvalue weighted by Gasteiger charge is -2.06. The Morgan fingerprint density at radius 3 is 2.62 bits per heavy atom. The van der Waals surface area contributed by atoms with Crippen LogP contribution in [-0.4, -0.2) is 10.1 Å². The minimum absolute atomic E-state index is 0.277. The summed E-state index contributed by atoms with van der Waals surface area (Å²) in [5.74, 6) is 0.845. The molecular weight excluding hydrogens is 200 g/mol. The van der Waals surface area contributed by atoms with Crippen molar-refractivity contribution in [2.45, 2.75) is 13.3 Å². The van der Waals surface area contributed by atoms with Crippen molar-refractivity contribution in [3.63, 3.8) is 0 Å². The Morgan fingerprint density at radius 2 is 1.94 bits per heavy atom. The van der Waals surface area contributed by atoms with E-state index in [0.717, 1.165) is 23.1 Å². The van der Waals surface area contributed by atoms with Gasteiger partial charge < -0.3 is 10.8 Å². The molecule has 0 saturated carbocycles. The molecule has 0 amide bonds. The minimum Gasteiger partial charge on any atom is -0.508 e. The van der Waals surface area contributed by atoms with Crippen LogP contribution >= 0.6 is 0 Å². The molecule has 0 bridgehead atoms. The highest BCUT2D eigenvalue weighted by atomic mass is 16.3. The van der Waals surface area contributed by atoms with Gasteiger partial charge >= 0.3 is 0 Å². The second-order valence-electron chi connectivity index (χ2n) is 3.90. The number of aromatic hydroxyl groups is 1. The standard InChI is InChI=1S/C13H14N2O/c1-9-6-11(13(14)15-8-9)7-10-2-4-12(16)5-3-10/h2-6,8,16H,7H2,1H3,(H2,14,15). The van der Waals surface area contributed by atoms with E-state index in [-0.39, 0.29) is 5.75 Å². The van der Waals surface area contributed by atoms with Crippen molar-refractivity contribution < 1.29 is 5.11 Å². The van der Waals surface area contributed by atoms with E-state index in [1.165, 1.54) is 0 Å². The number of rotatable bonds is 2. The van der Waals surface area contributed by atoms with Gasteiger partial charge in [0.15, 0.2) is 0 Å². The fourth-order valence-corrected chi connectivity index (χ4v) is 1.62. The Labute approximate surface area is 94.6 Å². The summed E-state index contributed by atoms with van der Waals surface area (Å²) in [4.78, 5) is 4.12. The van der Waals surface area contributed by atoms with Gasteiger partial charge in [-0.15, -0.1) is 0 Å². The van der Waals surface area contributed by atoms with E-state index in [1.54, 1.807) is 18.3 Å². The Morgan fingerprint density at radius 1 is 1.25 bits per heavy atom. The van der Waals surface area contributed by atoms with Gasteiger partial charge in [0.05, 0.1) is 0 Å². The number of phenolic OH excluding ortho intramolecular Hbond substituents is 1. The first kappa shape index (κ1) is 10.5. The lowest BCUT2D eigenvalue weighted by molar-refractivity contribution is 0.475. The number of nitrogens with zero attached hydrogens (tertiary/aromatic N) is 1. The highest BCUT2D eigenvalue weighted by molar-refractivity contribution is 5.44. The van der Waals surface area contributed by atoms with Crippen LogP contribution in [0.2, 0.25) is 0 Å². The van der Waals surface area contributed by atoms with Gasteiger partial charge in [0.1, 0.15) is 11.6 Å². The monoisotopic (exact) mass is 214 g/mol. The summed E-state index contributed by atoms with van der Waals surface area (Å²) in [6.45, 7) is 1.99. The van der Waals surface area contributed by atoms with Crippen LogP contribution in [0.1, 0.15) is 16.7 Å². The van der Waals surface area contributed by atoms with Crippen molar-refractivity contribution in [3.05, 3.63) is 53.2 Å². The van der Waals surface area contributed by atoms with Crippen LogP contribution in [0.25, 0.3) is 0 Å². The van der Waals surface area contributed by atoms with Crippen molar-refractivity contribution in [1.82, 2.24) is 4.98 Å². The van der Waals surface area contributed by atoms with Crippen LogP contribution in [0.4, 0.5) is 5.82 Å². The number of benzene rings is 1. The summed E-state index contributed by atoms with van der Waals surface area (Å²) < 4.78 is 0. The van der Waals surface area contributed by atoms with Crippen molar-refractivity contribution in [2.24, 2.45) is 0 Å². The van der Waals surface area contributed by atoms with Gasteiger partial charge in [-0.05, 0) is 35.7 Å². The van der Waals surface area contributed by atoms with E-state index in [1.807, 2.05) is 25.1 Å². The smallest absolute Gasteiger partial charge is 0.126 e. The van der Waals surface area contributed by atoms with Crippen molar-refractivity contribution >= 4 is 5.82 Å². The number of hydrogen-bond acceptors (Lipinski definition) is 3. The maximum absolute atomic E-state index is 9.18. The van der Waals surface area contributed by atoms with Gasteiger partial charge in [-0.2, -0.15) is 0 Å². The fourth-order valence-electron chi connectivity index (χ4n) is 1.62. The average molecular weight is 214 g/mol. The number of aromatic nitrogens is 1. The maximum Gasteiger partial charge on any atom is 0.126 e. The molecule has 0 atom stereocenters. The third kappa shape index (κ3) is 2.31. The second-order valence-corrected chi connectivity index (χ2v) is 3.90. The van der Waals surface area contributed by atoms with E-state index >= 15 is 0 Å². The zero-order valence-corrected chi connectivity index (χ0v) is 9.14. The third-order valence-electron chi connectivity index (χ3n) is 2.47. The quantitative estimate of drug-likeness (QED) is 0.806. The van der Waals surface area contributed by atoms with E-state index < -0.39 is 0 Å². The Kier molecular flexibility index (Phi) is 2.77. The van der Waals surface area contributed by atoms with E-state index in [4.69, 9.17) is 5.73 Å². The molecule has 3 nitrogen and oxygen atoms in total. The Hall–Kier alpha value is -2.03. The van der Waals surface area contributed by atoms with Gasteiger partial charge in [0, 0.05) is 12.6 Å². The van der Waals surface area contributed by atoms with Gasteiger partial charge in [0.25, 0.3) is 0 Å². The molecule has 0 unspecified atom stereocenters. The third-order valence-corrected chi connectivity index (χ3v) is 2.47. The predicted octanol–water partition coefficient (Wildman–Crippen LogP) is 2.27. The molecule has 16 heavy (non-hydrogen) atoms. The van der Waals surface area contributed by atoms with Crippen molar-refractivity contribution in [2.75, 3.05) is 5.73 Å². The SMILES string of the molecule is Cc1cnc(N)c(Cc2ccc(O)cc2)c1. The van der Waals surface area contributed by atoms with Crippen LogP contribution in [0.15, 0.2) is 36.5 Å². The zero-order valence-electron chi connectivity index (χ0n) is 9.14. The molecule has 0 radical (unpaired) electrons. The molecule has 2 rings (SSSR count). The van der Waals surface area contributed by atoms with Gasteiger partial charge in [-0.25, -0.2) is 4.98 Å². The molecule has 2 aromatic rings. The average Bonchev–Trinajstić information content (AvgIpc) is 2.27. The molecular formula is C13H14N2O. The van der Waals surface area contributed by atoms with E-state index in [0.29, 0.717) is 5.82 Å². The number of pyridine rings is 1. The van der Waals surface area contributed by atoms with Crippen molar-refractivity contribution in [1.29, 1.82) is 0 Å². The van der Waals surface area contributed by atoms with Crippen LogP contribution in [-0.2, 0) is 6.42 Å². The number of phenols is 1. The molecule has 1 aromatic heterocycles. The summed E-state index contributed by atoms with van der Waals surface area (Å²) in [5.41, 5.74) is 9.03. The molecule has 0 aliphatic heterocycles. The van der Waals surface area contributed by atoms with Crippen molar-refractivity contribution in [3.8, 4) is 5.75 Å². The first-order chi connectivity index (χ1) is 7.65. The number of nitrogens with two attached hydrogens (primary N) is 1. The fraction of sp³-hybridized carbons (Fsp3) is 0.154. The molecule has 0 aliphatic rings. The highest BCUT2D eigenvalue weighted by Gasteiger charge is 2.02. The van der Waals surface area contributed by atoms with Crippen LogP contribution in [0, 0.1) is 6.92 Å². The lowest BCUT2D eigenvalue weighted by atomic mass is 10.0. The maximum atomic E-state index is 9.18. The summed E-state index contributed by atoms with van der Waals surface area (Å²) >= 11 is 0. The summed E-state index contributed by atoms with van der Waals surface area (Å²) in [5, 5.41) is 9.18. The summed E-state index contributed by atoms with van der Waals surface area (Å²) in [7, 11) is 0. The number of nitrogen functional groups attached to an aromatic ring is 1. The topological polar surface area (TPSA) is 59.1 Å². The van der Waals surface area contributed by atoms with E-state index in [2.05, 4.69) is 4.98 Å². The first-order valence-electron chi connectivity index (χ1n) is 5.14. The largest absolute Gasteiger partial charge is 0.508 e. The first-order valence-corrected chi connectivity index (χ1v) is 5.14. The van der Waals surface area contributed by atoms with E-state index in [9.17, 15) is 5.11 Å². The molecule has 0 spiro atoms. The number of aryl methyl sites for hydroxylation is 1. The lowest BCUT2D eigenvalue weighted by Crippen LogP contribution is -1.99. The number of hydrogen-bond donors (Lipinski definition) is 2. The highest BCUT2D eigenvalue weighted by Crippen LogP contribution is 2.17.